The highest BCUT2D eigenvalue weighted by atomic mass is 19.4. The Bertz CT molecular complexity index is 1190. The van der Waals surface area contributed by atoms with Crippen molar-refractivity contribution in [1.29, 1.82) is 0 Å². The summed E-state index contributed by atoms with van der Waals surface area (Å²) in [5.41, 5.74) is -5.27. The summed E-state index contributed by atoms with van der Waals surface area (Å²) < 4.78 is 185. The van der Waals surface area contributed by atoms with Crippen LogP contribution in [-0.4, -0.2) is 46.5 Å². The van der Waals surface area contributed by atoms with Crippen molar-refractivity contribution in [2.75, 3.05) is 0 Å². The van der Waals surface area contributed by atoms with Crippen LogP contribution in [0.4, 0.5) is 57.1 Å². The highest BCUT2D eigenvalue weighted by molar-refractivity contribution is 5.42. The van der Waals surface area contributed by atoms with Crippen molar-refractivity contribution in [3.05, 3.63) is 65.7 Å². The van der Waals surface area contributed by atoms with Gasteiger partial charge in [-0.25, -0.2) is 0 Å². The number of ether oxygens (including phenoxy) is 1. The largest absolute Gasteiger partial charge is 0.488 e. The van der Waals surface area contributed by atoms with Gasteiger partial charge in [-0.1, -0.05) is 55.5 Å². The highest BCUT2D eigenvalue weighted by Gasteiger charge is 2.90. The van der Waals surface area contributed by atoms with Gasteiger partial charge in [0.05, 0.1) is 6.42 Å². The molecule has 2 rings (SSSR count). The van der Waals surface area contributed by atoms with E-state index < -0.39 is 70.6 Å². The zero-order chi connectivity index (χ0) is 32.1. The Morgan fingerprint density at radius 1 is 0.634 bits per heavy atom. The predicted octanol–water partition coefficient (Wildman–Crippen LogP) is 8.98. The Morgan fingerprint density at radius 3 is 1.54 bits per heavy atom. The van der Waals surface area contributed by atoms with Crippen molar-refractivity contribution < 1.29 is 66.9 Å². The molecule has 232 valence electrons. The summed E-state index contributed by atoms with van der Waals surface area (Å²) >= 11 is 0. The minimum absolute atomic E-state index is 0.0552. The molecule has 2 aromatic carbocycles. The number of rotatable bonds is 10. The number of para-hydroxylation sites is 1. The lowest BCUT2D eigenvalue weighted by Crippen LogP contribution is -2.70. The van der Waals surface area contributed by atoms with E-state index in [0.29, 0.717) is 0 Å². The fourth-order valence-electron chi connectivity index (χ4n) is 3.99. The minimum atomic E-state index is -8.04. The third-order valence-corrected chi connectivity index (χ3v) is 6.28. The van der Waals surface area contributed by atoms with Crippen LogP contribution >= 0.6 is 0 Å². The third-order valence-electron chi connectivity index (χ3n) is 6.28. The van der Waals surface area contributed by atoms with Gasteiger partial charge in [0.25, 0.3) is 0 Å². The second-order valence-corrected chi connectivity index (χ2v) is 10.4. The fraction of sp³-hybridized carbons (Fsp3) is 0.538. The number of aliphatic hydroxyl groups is 1. The third kappa shape index (κ3) is 5.96. The summed E-state index contributed by atoms with van der Waals surface area (Å²) in [5, 5.41) is 11.6. The smallest absolute Gasteiger partial charge is 0.460 e. The summed E-state index contributed by atoms with van der Waals surface area (Å²) in [6.07, 6.45) is -10.4. The lowest BCUT2D eigenvalue weighted by Gasteiger charge is -2.43. The average molecular weight is 616 g/mol. The highest BCUT2D eigenvalue weighted by Crippen LogP contribution is 2.62. The van der Waals surface area contributed by atoms with Crippen LogP contribution in [0.5, 0.6) is 5.75 Å². The SMILES string of the molecule is CC(c1ccccc1)C(O)(CC(F)(F)C(F)(F)C(F)(F)C(F)(F)C(F)(F)C(F)(F)F)c1ccccc1OC(C)(C)C. The second-order valence-electron chi connectivity index (χ2n) is 10.4. The molecule has 1 N–H and O–H groups in total. The molecule has 2 atom stereocenters. The summed E-state index contributed by atoms with van der Waals surface area (Å²) in [4.78, 5) is 0. The van der Waals surface area contributed by atoms with E-state index in [1.807, 2.05) is 0 Å². The molecule has 0 fully saturated rings. The first kappa shape index (κ1) is 34.5. The van der Waals surface area contributed by atoms with Gasteiger partial charge in [0.1, 0.15) is 17.0 Å². The molecule has 15 heteroatoms. The molecular weight excluding hydrogens is 591 g/mol. The quantitative estimate of drug-likeness (QED) is 0.270. The van der Waals surface area contributed by atoms with Crippen molar-refractivity contribution >= 4 is 0 Å². The molecule has 0 amide bonds. The van der Waals surface area contributed by atoms with E-state index in [-0.39, 0.29) is 5.56 Å². The maximum absolute atomic E-state index is 15.1. The van der Waals surface area contributed by atoms with Gasteiger partial charge >= 0.3 is 35.8 Å². The number of halogens is 13. The molecule has 0 saturated heterocycles. The second kappa shape index (κ2) is 10.5. The Balaban J connectivity index is 2.79. The lowest BCUT2D eigenvalue weighted by atomic mass is 9.73. The molecule has 0 saturated carbocycles. The van der Waals surface area contributed by atoms with Gasteiger partial charge in [0, 0.05) is 11.5 Å². The van der Waals surface area contributed by atoms with E-state index >= 15 is 8.78 Å². The van der Waals surface area contributed by atoms with Crippen LogP contribution < -0.4 is 4.74 Å². The van der Waals surface area contributed by atoms with E-state index in [1.54, 1.807) is 0 Å². The van der Waals surface area contributed by atoms with Gasteiger partial charge in [-0.3, -0.25) is 0 Å². The fourth-order valence-corrected chi connectivity index (χ4v) is 3.99. The molecule has 0 aliphatic heterocycles. The van der Waals surface area contributed by atoms with Crippen LogP contribution in [0.2, 0.25) is 0 Å². The van der Waals surface area contributed by atoms with E-state index in [4.69, 9.17) is 4.74 Å². The first-order valence-corrected chi connectivity index (χ1v) is 11.7. The summed E-state index contributed by atoms with van der Waals surface area (Å²) in [5.74, 6) is -40.1. The van der Waals surface area contributed by atoms with E-state index in [2.05, 4.69) is 0 Å². The molecule has 2 aromatic rings. The molecule has 0 radical (unpaired) electrons. The maximum Gasteiger partial charge on any atom is 0.460 e. The van der Waals surface area contributed by atoms with Gasteiger partial charge in [0.2, 0.25) is 0 Å². The van der Waals surface area contributed by atoms with Gasteiger partial charge in [-0.15, -0.1) is 0 Å². The molecule has 0 spiro atoms. The summed E-state index contributed by atoms with van der Waals surface area (Å²) in [6.45, 7) is 5.35. The first-order valence-electron chi connectivity index (χ1n) is 11.7. The molecule has 0 bridgehead atoms. The molecule has 0 aromatic heterocycles. The Kier molecular flexibility index (Phi) is 8.86. The van der Waals surface area contributed by atoms with Crippen LogP contribution in [0, 0.1) is 0 Å². The maximum atomic E-state index is 15.1. The van der Waals surface area contributed by atoms with Crippen LogP contribution in [0.25, 0.3) is 0 Å². The van der Waals surface area contributed by atoms with E-state index in [9.17, 15) is 53.4 Å². The molecule has 0 heterocycles. The standard InChI is InChI=1S/C26H25F13O2/c1-15(16-10-6-5-7-11-16)20(40,17-12-8-9-13-18(17)41-19(2,3)4)14-21(27,28)22(29,30)23(31,32)24(33,34)25(35,36)26(37,38)39/h5-13,15,40H,14H2,1-4H3. The van der Waals surface area contributed by atoms with Crippen molar-refractivity contribution in [2.45, 2.75) is 87.0 Å². The molecule has 2 nitrogen and oxygen atoms in total. The Morgan fingerprint density at radius 2 is 1.07 bits per heavy atom. The van der Waals surface area contributed by atoms with Crippen LogP contribution in [-0.2, 0) is 5.60 Å². The number of hydrogen-bond acceptors (Lipinski definition) is 2. The number of hydrogen-bond donors (Lipinski definition) is 1. The van der Waals surface area contributed by atoms with Crippen molar-refractivity contribution in [3.8, 4) is 5.75 Å². The van der Waals surface area contributed by atoms with Gasteiger partial charge in [0.15, 0.2) is 0 Å². The average Bonchev–Trinajstić information content (AvgIpc) is 2.81. The summed E-state index contributed by atoms with van der Waals surface area (Å²) in [7, 11) is 0. The normalized spacial score (nSPS) is 16.7. The number of benzene rings is 2. The molecular formula is C26H25F13O2. The zero-order valence-corrected chi connectivity index (χ0v) is 21.7. The van der Waals surface area contributed by atoms with Crippen LogP contribution in [0.15, 0.2) is 54.6 Å². The monoisotopic (exact) mass is 616 g/mol. The minimum Gasteiger partial charge on any atom is -0.488 e. The van der Waals surface area contributed by atoms with E-state index in [1.165, 1.54) is 57.2 Å². The van der Waals surface area contributed by atoms with Crippen molar-refractivity contribution in [3.63, 3.8) is 0 Å². The van der Waals surface area contributed by atoms with Gasteiger partial charge in [-0.2, -0.15) is 57.1 Å². The predicted molar refractivity (Wildman–Crippen MR) is 121 cm³/mol. The van der Waals surface area contributed by atoms with Gasteiger partial charge in [-0.05, 0) is 32.4 Å². The molecule has 2 unspecified atom stereocenters. The molecule has 0 aliphatic carbocycles. The Hall–Kier alpha value is -2.71. The van der Waals surface area contributed by atoms with Gasteiger partial charge < -0.3 is 9.84 Å². The molecule has 0 aliphatic rings. The van der Waals surface area contributed by atoms with E-state index in [0.717, 1.165) is 25.1 Å². The van der Waals surface area contributed by atoms with Crippen molar-refractivity contribution in [1.82, 2.24) is 0 Å². The van der Waals surface area contributed by atoms with Crippen molar-refractivity contribution in [2.24, 2.45) is 0 Å². The zero-order valence-electron chi connectivity index (χ0n) is 21.7. The lowest BCUT2D eigenvalue weighted by molar-refractivity contribution is -0.441. The summed E-state index contributed by atoms with van der Waals surface area (Å²) in [6, 6.07) is 10.9. The Labute approximate surface area is 226 Å². The number of alkyl halides is 13. The topological polar surface area (TPSA) is 29.5 Å². The van der Waals surface area contributed by atoms with Crippen LogP contribution in [0.1, 0.15) is 51.2 Å². The van der Waals surface area contributed by atoms with Crippen LogP contribution in [0.3, 0.4) is 0 Å². The molecule has 41 heavy (non-hydrogen) atoms. The first-order chi connectivity index (χ1) is 18.2.